The predicted molar refractivity (Wildman–Crippen MR) is 104 cm³/mol. The predicted octanol–water partition coefficient (Wildman–Crippen LogP) is 1.88. The summed E-state index contributed by atoms with van der Waals surface area (Å²) in [5.41, 5.74) is 1.17. The minimum atomic E-state index is -0.518. The van der Waals surface area contributed by atoms with Gasteiger partial charge in [0.05, 0.1) is 12.6 Å². The standard InChI is InChI=1S/C21H16Cl2N2O.BrH/c22-17-8-4-15(5-9-17)19(26)13-21(16-6-10-18(23)11-7-16)14-25-12-2-1-3-20(25)24-21;/h1-12H,13-14H2;1H. The van der Waals surface area contributed by atoms with Crippen LogP contribution in [0.4, 0.5) is 5.82 Å². The van der Waals surface area contributed by atoms with Gasteiger partial charge in [0, 0.05) is 27.2 Å². The van der Waals surface area contributed by atoms with E-state index in [2.05, 4.69) is 9.88 Å². The Kier molecular flexibility index (Phi) is 5.89. The van der Waals surface area contributed by atoms with E-state index >= 15 is 0 Å². The number of hydrogen-bond acceptors (Lipinski definition) is 2. The molecule has 3 aromatic rings. The molecule has 1 aromatic heterocycles. The molecule has 4 rings (SSSR count). The zero-order valence-electron chi connectivity index (χ0n) is 14.3. The number of rotatable bonds is 4. The maximum Gasteiger partial charge on any atom is 0.275 e. The maximum absolute atomic E-state index is 13.0. The van der Waals surface area contributed by atoms with Gasteiger partial charge < -0.3 is 17.0 Å². The van der Waals surface area contributed by atoms with E-state index in [1.165, 1.54) is 0 Å². The largest absolute Gasteiger partial charge is 1.00 e. The van der Waals surface area contributed by atoms with Crippen molar-refractivity contribution in [2.45, 2.75) is 18.5 Å². The van der Waals surface area contributed by atoms with Gasteiger partial charge in [0.2, 0.25) is 0 Å². The van der Waals surface area contributed by atoms with Crippen LogP contribution in [0.5, 0.6) is 0 Å². The number of halogens is 3. The van der Waals surface area contributed by atoms with E-state index in [1.807, 2.05) is 48.7 Å². The highest BCUT2D eigenvalue weighted by Crippen LogP contribution is 2.35. The Morgan fingerprint density at radius 1 is 0.963 bits per heavy atom. The number of nitrogens with zero attached hydrogens (tertiary/aromatic N) is 1. The smallest absolute Gasteiger partial charge is 0.275 e. The van der Waals surface area contributed by atoms with E-state index in [0.717, 1.165) is 11.4 Å². The lowest BCUT2D eigenvalue weighted by atomic mass is 9.84. The summed E-state index contributed by atoms with van der Waals surface area (Å²) in [6.45, 7) is 0.671. The first kappa shape index (κ1) is 19.9. The Morgan fingerprint density at radius 2 is 1.59 bits per heavy atom. The molecule has 27 heavy (non-hydrogen) atoms. The molecule has 0 fully saturated rings. The Morgan fingerprint density at radius 3 is 2.22 bits per heavy atom. The highest BCUT2D eigenvalue weighted by Gasteiger charge is 2.47. The van der Waals surface area contributed by atoms with Gasteiger partial charge in [-0.05, 0) is 42.5 Å². The van der Waals surface area contributed by atoms with E-state index < -0.39 is 5.54 Å². The average Bonchev–Trinajstić information content (AvgIpc) is 3.01. The number of hydrogen-bond donors (Lipinski definition) is 1. The van der Waals surface area contributed by atoms with Crippen LogP contribution in [0.15, 0.2) is 72.9 Å². The first-order chi connectivity index (χ1) is 12.6. The van der Waals surface area contributed by atoms with Crippen molar-refractivity contribution in [3.63, 3.8) is 0 Å². The monoisotopic (exact) mass is 462 g/mol. The van der Waals surface area contributed by atoms with Crippen molar-refractivity contribution in [1.29, 1.82) is 0 Å². The third-order valence-electron chi connectivity index (χ3n) is 4.77. The number of ketones is 1. The summed E-state index contributed by atoms with van der Waals surface area (Å²) in [7, 11) is 0. The molecule has 1 aliphatic heterocycles. The minimum absolute atomic E-state index is 0. The molecule has 0 spiro atoms. The Labute approximate surface area is 178 Å². The molecular formula is C21H17BrCl2N2O. The van der Waals surface area contributed by atoms with Gasteiger partial charge >= 0.3 is 0 Å². The Hall–Kier alpha value is -1.88. The van der Waals surface area contributed by atoms with Crippen LogP contribution >= 0.6 is 23.2 Å². The molecule has 1 atom stereocenters. The maximum atomic E-state index is 13.0. The number of pyridine rings is 1. The fourth-order valence-corrected chi connectivity index (χ4v) is 3.70. The zero-order chi connectivity index (χ0) is 18.1. The molecule has 3 nitrogen and oxygen atoms in total. The summed E-state index contributed by atoms with van der Waals surface area (Å²) in [4.78, 5) is 13.0. The molecule has 0 bridgehead atoms. The quantitative estimate of drug-likeness (QED) is 0.473. The van der Waals surface area contributed by atoms with Crippen LogP contribution in [0.3, 0.4) is 0 Å². The normalized spacial score (nSPS) is 17.6. The highest BCUT2D eigenvalue weighted by molar-refractivity contribution is 6.30. The number of anilines is 1. The second-order valence-corrected chi connectivity index (χ2v) is 7.41. The van der Waals surface area contributed by atoms with E-state index in [0.29, 0.717) is 28.6 Å². The van der Waals surface area contributed by atoms with Gasteiger partial charge in [-0.15, -0.1) is 0 Å². The summed E-state index contributed by atoms with van der Waals surface area (Å²) >= 11 is 12.0. The van der Waals surface area contributed by atoms with Crippen molar-refractivity contribution < 1.29 is 26.3 Å². The van der Waals surface area contributed by atoms with E-state index in [9.17, 15) is 4.79 Å². The van der Waals surface area contributed by atoms with Crippen LogP contribution in [0, 0.1) is 0 Å². The minimum Gasteiger partial charge on any atom is -1.00 e. The van der Waals surface area contributed by atoms with Gasteiger partial charge in [-0.1, -0.05) is 41.4 Å². The van der Waals surface area contributed by atoms with Crippen LogP contribution in [0.1, 0.15) is 22.3 Å². The van der Waals surface area contributed by atoms with Crippen LogP contribution in [0.2, 0.25) is 10.0 Å². The van der Waals surface area contributed by atoms with Gasteiger partial charge in [-0.3, -0.25) is 10.1 Å². The zero-order valence-corrected chi connectivity index (χ0v) is 17.4. The number of Topliss-reactive ketones (excluding diaryl/α,β-unsaturated/α-hetero) is 1. The molecule has 2 heterocycles. The first-order valence-electron chi connectivity index (χ1n) is 8.37. The van der Waals surface area contributed by atoms with Crippen LogP contribution in [0.25, 0.3) is 0 Å². The van der Waals surface area contributed by atoms with Crippen LogP contribution in [-0.4, -0.2) is 5.78 Å². The van der Waals surface area contributed by atoms with Gasteiger partial charge in [-0.2, -0.15) is 0 Å². The molecular weight excluding hydrogens is 447 g/mol. The number of carbonyl (C=O) groups is 1. The average molecular weight is 464 g/mol. The van der Waals surface area contributed by atoms with Crippen molar-refractivity contribution in [3.8, 4) is 0 Å². The molecule has 138 valence electrons. The van der Waals surface area contributed by atoms with Crippen molar-refractivity contribution >= 4 is 34.8 Å². The fraction of sp³-hybridized carbons (Fsp3) is 0.143. The summed E-state index contributed by atoms with van der Waals surface area (Å²) in [6, 6.07) is 20.7. The van der Waals surface area contributed by atoms with Crippen molar-refractivity contribution in [3.05, 3.63) is 94.1 Å². The number of carbonyl (C=O) groups excluding carboxylic acids is 1. The lowest BCUT2D eigenvalue weighted by molar-refractivity contribution is -0.678. The first-order valence-corrected chi connectivity index (χ1v) is 9.13. The third-order valence-corrected chi connectivity index (χ3v) is 5.28. The molecule has 1 aliphatic rings. The summed E-state index contributed by atoms with van der Waals surface area (Å²) < 4.78 is 2.13. The summed E-state index contributed by atoms with van der Waals surface area (Å²) in [5.74, 6) is 1.06. The second-order valence-electron chi connectivity index (χ2n) is 6.53. The molecule has 6 heteroatoms. The lowest BCUT2D eigenvalue weighted by Gasteiger charge is -2.24. The molecule has 0 aliphatic carbocycles. The van der Waals surface area contributed by atoms with Crippen LogP contribution < -0.4 is 26.9 Å². The fourth-order valence-electron chi connectivity index (χ4n) is 3.45. The van der Waals surface area contributed by atoms with Gasteiger partial charge in [0.25, 0.3) is 5.82 Å². The highest BCUT2D eigenvalue weighted by atomic mass is 79.9. The van der Waals surface area contributed by atoms with E-state index in [-0.39, 0.29) is 22.8 Å². The van der Waals surface area contributed by atoms with Crippen LogP contribution in [-0.2, 0) is 12.1 Å². The molecule has 0 saturated carbocycles. The third kappa shape index (κ3) is 4.03. The number of aromatic nitrogens is 1. The number of benzene rings is 2. The van der Waals surface area contributed by atoms with Crippen molar-refractivity contribution in [2.24, 2.45) is 0 Å². The Balaban J connectivity index is 0.00000210. The van der Waals surface area contributed by atoms with Crippen molar-refractivity contribution in [2.75, 3.05) is 5.32 Å². The SMILES string of the molecule is O=C(CC1(c2ccc(Cl)cc2)C[n+]2ccccc2N1)c1ccc(Cl)cc1.[Br-]. The number of nitrogens with one attached hydrogen (secondary N) is 1. The Bertz CT molecular complexity index is 934. The second kappa shape index (κ2) is 8.01. The lowest BCUT2D eigenvalue weighted by Crippen LogP contribution is -3.00. The topological polar surface area (TPSA) is 33.0 Å². The van der Waals surface area contributed by atoms with Crippen molar-refractivity contribution in [1.82, 2.24) is 0 Å². The molecule has 1 unspecified atom stereocenters. The van der Waals surface area contributed by atoms with E-state index in [1.54, 1.807) is 24.3 Å². The molecule has 0 saturated heterocycles. The molecule has 0 radical (unpaired) electrons. The number of fused-ring (bicyclic) bond motifs is 1. The molecule has 1 N–H and O–H groups in total. The molecule has 2 aromatic carbocycles. The van der Waals surface area contributed by atoms with Gasteiger partial charge in [-0.25, -0.2) is 4.57 Å². The van der Waals surface area contributed by atoms with Gasteiger partial charge in [0.1, 0.15) is 6.54 Å². The summed E-state index contributed by atoms with van der Waals surface area (Å²) in [5, 5.41) is 4.87. The van der Waals surface area contributed by atoms with Gasteiger partial charge in [0.15, 0.2) is 11.3 Å². The van der Waals surface area contributed by atoms with E-state index in [4.69, 9.17) is 23.2 Å². The summed E-state index contributed by atoms with van der Waals surface area (Å²) in [6.07, 6.45) is 2.35. The molecule has 0 amide bonds.